The summed E-state index contributed by atoms with van der Waals surface area (Å²) in [5, 5.41) is 13.3. The highest BCUT2D eigenvalue weighted by Crippen LogP contribution is 2.29. The number of thioether (sulfide) groups is 2. The quantitative estimate of drug-likeness (QED) is 0.173. The van der Waals surface area contributed by atoms with Gasteiger partial charge in [-0.2, -0.15) is 23.5 Å². The third kappa shape index (κ3) is 19.5. The minimum absolute atomic E-state index is 0.0296. The average molecular weight is 978 g/mol. The molecule has 1 saturated carbocycles. The lowest BCUT2D eigenvalue weighted by molar-refractivity contribution is -0.134. The Balaban J connectivity index is 0.000000167. The van der Waals surface area contributed by atoms with Crippen LogP contribution in [0.5, 0.6) is 0 Å². The Hall–Kier alpha value is -1.62. The number of nitrogens with zero attached hydrogens (tertiary/aromatic N) is 4. The van der Waals surface area contributed by atoms with Gasteiger partial charge in [0.15, 0.2) is 0 Å². The zero-order valence-corrected chi connectivity index (χ0v) is 44.4. The molecule has 1 aliphatic carbocycles. The molecule has 7 heterocycles. The second-order valence-electron chi connectivity index (χ2n) is 20.8. The lowest BCUT2D eigenvalue weighted by Gasteiger charge is -2.30. The van der Waals surface area contributed by atoms with E-state index in [2.05, 4.69) is 59.5 Å². The predicted molar refractivity (Wildman–Crippen MR) is 279 cm³/mol. The van der Waals surface area contributed by atoms with Crippen molar-refractivity contribution >= 4 is 47.2 Å². The van der Waals surface area contributed by atoms with Gasteiger partial charge in [0.05, 0.1) is 30.8 Å². The van der Waals surface area contributed by atoms with Crippen molar-refractivity contribution in [3.63, 3.8) is 0 Å². The first kappa shape index (κ1) is 56.3. The Morgan fingerprint density at radius 2 is 0.836 bits per heavy atom. The normalized spacial score (nSPS) is 30.7. The number of carbonyl (C=O) groups is 4. The maximum atomic E-state index is 12.3. The zero-order chi connectivity index (χ0) is 47.6. The highest BCUT2D eigenvalue weighted by Gasteiger charge is 2.32. The summed E-state index contributed by atoms with van der Waals surface area (Å²) >= 11 is 4.11. The van der Waals surface area contributed by atoms with Gasteiger partial charge in [-0.3, -0.25) is 19.2 Å². The summed E-state index contributed by atoms with van der Waals surface area (Å²) in [6, 6.07) is 0.228. The Bertz CT molecular complexity index is 1290. The van der Waals surface area contributed by atoms with Crippen LogP contribution in [0.1, 0.15) is 148 Å². The van der Waals surface area contributed by atoms with Crippen LogP contribution < -0.4 is 21.3 Å². The van der Waals surface area contributed by atoms with Crippen LogP contribution in [0, 0.1) is 17.8 Å². The van der Waals surface area contributed by atoms with E-state index in [1.807, 2.05) is 33.1 Å². The van der Waals surface area contributed by atoms with Crippen molar-refractivity contribution in [2.45, 2.75) is 177 Å². The van der Waals surface area contributed by atoms with Crippen molar-refractivity contribution in [1.29, 1.82) is 0 Å². The molecule has 0 radical (unpaired) electrons. The molecule has 7 unspecified atom stereocenters. The Kier molecular flexibility index (Phi) is 27.2. The van der Waals surface area contributed by atoms with Gasteiger partial charge in [0.1, 0.15) is 0 Å². The molecule has 7 saturated heterocycles. The molecule has 4 N–H and O–H groups in total. The summed E-state index contributed by atoms with van der Waals surface area (Å²) in [6.45, 7) is 9.42. The Labute approximate surface area is 416 Å². The average Bonchev–Trinajstić information content (AvgIpc) is 3.52. The van der Waals surface area contributed by atoms with Gasteiger partial charge in [-0.1, -0.05) is 19.3 Å². The van der Waals surface area contributed by atoms with Gasteiger partial charge in [0.2, 0.25) is 23.6 Å². The smallest absolute Gasteiger partial charge is 0.239 e. The van der Waals surface area contributed by atoms with E-state index in [-0.39, 0.29) is 30.1 Å². The van der Waals surface area contributed by atoms with Gasteiger partial charge in [0.25, 0.3) is 0 Å². The van der Waals surface area contributed by atoms with Crippen LogP contribution in [0.3, 0.4) is 0 Å². The molecule has 7 atom stereocenters. The molecule has 7 aliphatic heterocycles. The van der Waals surface area contributed by atoms with Crippen molar-refractivity contribution in [2.24, 2.45) is 17.8 Å². The first-order chi connectivity index (χ1) is 32.7. The maximum absolute atomic E-state index is 12.3. The lowest BCUT2D eigenvalue weighted by Crippen LogP contribution is -2.46. The van der Waals surface area contributed by atoms with Crippen molar-refractivity contribution in [1.82, 2.24) is 40.9 Å². The maximum Gasteiger partial charge on any atom is 0.239 e. The molecule has 0 aromatic heterocycles. The molecule has 386 valence electrons. The number of hydrogen-bond donors (Lipinski definition) is 4. The lowest BCUT2D eigenvalue weighted by atomic mass is 10.0. The molecule has 67 heavy (non-hydrogen) atoms. The summed E-state index contributed by atoms with van der Waals surface area (Å²) in [5.41, 5.74) is 0. The number of rotatable bonds is 12. The van der Waals surface area contributed by atoms with Crippen LogP contribution in [-0.4, -0.2) is 184 Å². The molecule has 0 aromatic carbocycles. The Morgan fingerprint density at radius 1 is 0.433 bits per heavy atom. The highest BCUT2D eigenvalue weighted by molar-refractivity contribution is 8.00. The van der Waals surface area contributed by atoms with Crippen LogP contribution in [0.2, 0.25) is 0 Å². The Morgan fingerprint density at radius 3 is 1.24 bits per heavy atom. The van der Waals surface area contributed by atoms with Crippen LogP contribution in [0.4, 0.5) is 0 Å². The number of ether oxygens (including phenoxy) is 1. The van der Waals surface area contributed by atoms with E-state index < -0.39 is 0 Å². The first-order valence-electron chi connectivity index (χ1n) is 27.4. The van der Waals surface area contributed by atoms with Gasteiger partial charge < -0.3 is 45.6 Å². The van der Waals surface area contributed by atoms with Gasteiger partial charge in [-0.15, -0.1) is 0 Å². The van der Waals surface area contributed by atoms with Gasteiger partial charge >= 0.3 is 0 Å². The summed E-state index contributed by atoms with van der Waals surface area (Å²) in [4.78, 5) is 57.5. The van der Waals surface area contributed by atoms with Gasteiger partial charge in [-0.05, 0) is 192 Å². The second kappa shape index (κ2) is 32.4. The molecule has 0 spiro atoms. The van der Waals surface area contributed by atoms with Crippen LogP contribution in [0.25, 0.3) is 0 Å². The largest absolute Gasteiger partial charge is 0.381 e. The molecule has 8 fully saturated rings. The summed E-state index contributed by atoms with van der Waals surface area (Å²) in [5.74, 6) is 7.18. The third-order valence-electron chi connectivity index (χ3n) is 15.6. The number of amides is 4. The van der Waals surface area contributed by atoms with E-state index in [1.165, 1.54) is 120 Å². The van der Waals surface area contributed by atoms with Gasteiger partial charge in [0, 0.05) is 64.2 Å². The standard InChI is InChI=1S/C13H24N2O2.2C13H24N2OS.C13H24N2O/c1-14-12-6-2-3-7-15(13(12)16)9-11-5-4-8-17-10-11;1-14-12-7-2-4-8-15(13(12)16)10-11-6-3-5-9-17-11;1-14-12-6-2-3-7-15(13(12)16)9-11-5-4-8-17-10-11;1-14-12-8-4-5-9-15(13(12)16)10-11-6-2-3-7-11/h3*11-12,14H,2-10H2,1H3;11-12,14H,2-10H2,1H3. The van der Waals surface area contributed by atoms with E-state index in [4.69, 9.17) is 4.74 Å². The van der Waals surface area contributed by atoms with E-state index in [0.717, 1.165) is 122 Å². The summed E-state index contributed by atoms with van der Waals surface area (Å²) in [7, 11) is 7.60. The van der Waals surface area contributed by atoms with Crippen LogP contribution >= 0.6 is 23.5 Å². The first-order valence-corrected chi connectivity index (χ1v) is 29.6. The topological polar surface area (TPSA) is 139 Å². The number of likely N-dealkylation sites (tertiary alicyclic amines) is 4. The summed E-state index contributed by atoms with van der Waals surface area (Å²) < 4.78 is 5.49. The molecular formula is C52H96N8O5S2. The highest BCUT2D eigenvalue weighted by atomic mass is 32.2. The fraction of sp³-hybridized carbons (Fsp3) is 0.923. The van der Waals surface area contributed by atoms with Crippen molar-refractivity contribution < 1.29 is 23.9 Å². The SMILES string of the molecule is CNC1CCCCN(CC2CCCC2)C1=O.CNC1CCCCN(CC2CCCCS2)C1=O.CNC1CCCCN(CC2CCCOC2)C1=O.CNC1CCCCN(CC2CCCSC2)C1=O. The fourth-order valence-corrected chi connectivity index (χ4v) is 13.9. The molecule has 4 amide bonds. The summed E-state index contributed by atoms with van der Waals surface area (Å²) in [6.07, 6.45) is 27.7. The molecular weight excluding hydrogens is 881 g/mol. The number of hydrogen-bond acceptors (Lipinski definition) is 11. The monoisotopic (exact) mass is 977 g/mol. The minimum atomic E-state index is 0.0296. The zero-order valence-electron chi connectivity index (χ0n) is 42.7. The van der Waals surface area contributed by atoms with E-state index in [0.29, 0.717) is 28.9 Å². The number of likely N-dealkylation sites (N-methyl/N-ethyl adjacent to an activating group) is 4. The van der Waals surface area contributed by atoms with Crippen molar-refractivity contribution in [3.05, 3.63) is 0 Å². The molecule has 8 rings (SSSR count). The van der Waals surface area contributed by atoms with Crippen LogP contribution in [0.15, 0.2) is 0 Å². The molecule has 13 nitrogen and oxygen atoms in total. The number of nitrogens with one attached hydrogen (secondary N) is 4. The van der Waals surface area contributed by atoms with Crippen molar-refractivity contribution in [2.75, 3.05) is 111 Å². The van der Waals surface area contributed by atoms with Gasteiger partial charge in [-0.25, -0.2) is 0 Å². The van der Waals surface area contributed by atoms with E-state index in [9.17, 15) is 19.2 Å². The van der Waals surface area contributed by atoms with Crippen LogP contribution in [-0.2, 0) is 23.9 Å². The number of carbonyl (C=O) groups excluding carboxylic acids is 4. The van der Waals surface area contributed by atoms with E-state index >= 15 is 0 Å². The molecule has 0 aromatic rings. The molecule has 15 heteroatoms. The molecule has 8 aliphatic rings. The predicted octanol–water partition coefficient (Wildman–Crippen LogP) is 6.39. The molecule has 0 bridgehead atoms. The van der Waals surface area contributed by atoms with E-state index in [1.54, 1.807) is 0 Å². The minimum Gasteiger partial charge on any atom is -0.381 e. The second-order valence-corrected chi connectivity index (χ2v) is 23.3. The van der Waals surface area contributed by atoms with Crippen molar-refractivity contribution in [3.8, 4) is 0 Å². The fourth-order valence-electron chi connectivity index (χ4n) is 11.4. The third-order valence-corrected chi connectivity index (χ3v) is 18.3.